The minimum absolute atomic E-state index is 0.105. The zero-order valence-electron chi connectivity index (χ0n) is 11.9. The van der Waals surface area contributed by atoms with Crippen LogP contribution in [-0.2, 0) is 10.1 Å². The molecule has 1 N–H and O–H groups in total. The summed E-state index contributed by atoms with van der Waals surface area (Å²) in [4.78, 5) is 0. The van der Waals surface area contributed by atoms with E-state index in [9.17, 15) is 12.8 Å². The monoisotopic (exact) mass is 296 g/mol. The topological polar surface area (TPSA) is 54.4 Å². The molecule has 0 rings (SSSR count). The summed E-state index contributed by atoms with van der Waals surface area (Å²) in [5, 5.41) is 0. The summed E-state index contributed by atoms with van der Waals surface area (Å²) in [7, 11) is -3.76. The quantitative estimate of drug-likeness (QED) is 0.378. The van der Waals surface area contributed by atoms with Crippen LogP contribution in [-0.4, -0.2) is 25.4 Å². The van der Waals surface area contributed by atoms with Crippen LogP contribution in [0.15, 0.2) is 0 Å². The standard InChI is InChI=1S/C14H29FO3S/c15-13-11-9-7-5-3-1-2-4-6-8-10-12-14-19(16,17)18/h1-14H2,(H,16,17,18). The molecule has 0 atom stereocenters. The Morgan fingerprint density at radius 1 is 0.632 bits per heavy atom. The van der Waals surface area contributed by atoms with Crippen molar-refractivity contribution in [3.8, 4) is 0 Å². The van der Waals surface area contributed by atoms with E-state index in [1.165, 1.54) is 32.1 Å². The molecule has 0 saturated carbocycles. The molecule has 0 aliphatic rings. The van der Waals surface area contributed by atoms with Crippen molar-refractivity contribution in [3.05, 3.63) is 0 Å². The Morgan fingerprint density at radius 2 is 0.947 bits per heavy atom. The lowest BCUT2D eigenvalue weighted by Gasteiger charge is -2.02. The highest BCUT2D eigenvalue weighted by molar-refractivity contribution is 7.85. The number of hydrogen-bond acceptors (Lipinski definition) is 2. The van der Waals surface area contributed by atoms with E-state index in [0.29, 0.717) is 12.8 Å². The third-order valence-electron chi connectivity index (χ3n) is 3.29. The zero-order valence-corrected chi connectivity index (χ0v) is 12.8. The summed E-state index contributed by atoms with van der Waals surface area (Å²) < 4.78 is 41.3. The maximum absolute atomic E-state index is 11.8. The first-order valence-corrected chi connectivity index (χ1v) is 9.18. The zero-order chi connectivity index (χ0) is 14.4. The minimum atomic E-state index is -3.76. The van der Waals surface area contributed by atoms with E-state index in [1.54, 1.807) is 0 Å². The fourth-order valence-corrected chi connectivity index (χ4v) is 2.72. The molecule has 5 heteroatoms. The summed E-state index contributed by atoms with van der Waals surface area (Å²) in [6, 6.07) is 0. The van der Waals surface area contributed by atoms with Gasteiger partial charge in [0.15, 0.2) is 0 Å². The summed E-state index contributed by atoms with van der Waals surface area (Å²) in [6.45, 7) is -0.183. The van der Waals surface area contributed by atoms with Gasteiger partial charge in [0.2, 0.25) is 0 Å². The molecule has 3 nitrogen and oxygen atoms in total. The first-order valence-electron chi connectivity index (χ1n) is 7.57. The molecule has 0 heterocycles. The van der Waals surface area contributed by atoms with Crippen LogP contribution in [0.3, 0.4) is 0 Å². The van der Waals surface area contributed by atoms with E-state index in [-0.39, 0.29) is 12.4 Å². The van der Waals surface area contributed by atoms with Gasteiger partial charge in [-0.05, 0) is 12.8 Å². The van der Waals surface area contributed by atoms with Crippen molar-refractivity contribution in [1.29, 1.82) is 0 Å². The predicted octanol–water partition coefficient (Wildman–Crippen LogP) is 4.52. The summed E-state index contributed by atoms with van der Waals surface area (Å²) >= 11 is 0. The van der Waals surface area contributed by atoms with Gasteiger partial charge in [0, 0.05) is 0 Å². The van der Waals surface area contributed by atoms with E-state index in [4.69, 9.17) is 4.55 Å². The fraction of sp³-hybridized carbons (Fsp3) is 1.00. The molecule has 0 fully saturated rings. The second-order valence-corrected chi connectivity index (χ2v) is 6.79. The van der Waals surface area contributed by atoms with Crippen LogP contribution in [0.4, 0.5) is 4.39 Å². The van der Waals surface area contributed by atoms with Crippen LogP contribution in [0.25, 0.3) is 0 Å². The molecular weight excluding hydrogens is 267 g/mol. The van der Waals surface area contributed by atoms with E-state index in [2.05, 4.69) is 0 Å². The van der Waals surface area contributed by atoms with Crippen LogP contribution in [0, 0.1) is 0 Å². The Balaban J connectivity index is 3.03. The van der Waals surface area contributed by atoms with Crippen LogP contribution in [0.2, 0.25) is 0 Å². The molecule has 0 spiro atoms. The molecule has 116 valence electrons. The molecule has 0 saturated heterocycles. The van der Waals surface area contributed by atoms with E-state index in [1.807, 2.05) is 0 Å². The lowest BCUT2D eigenvalue weighted by atomic mass is 10.1. The molecule has 0 aliphatic carbocycles. The highest BCUT2D eigenvalue weighted by atomic mass is 32.2. The number of halogens is 1. The Kier molecular flexibility index (Phi) is 12.7. The van der Waals surface area contributed by atoms with Crippen molar-refractivity contribution >= 4 is 10.1 Å². The van der Waals surface area contributed by atoms with Crippen molar-refractivity contribution in [2.24, 2.45) is 0 Å². The van der Waals surface area contributed by atoms with Crippen LogP contribution in [0.1, 0.15) is 77.0 Å². The van der Waals surface area contributed by atoms with Crippen molar-refractivity contribution in [2.45, 2.75) is 77.0 Å². The molecule has 19 heavy (non-hydrogen) atoms. The molecule has 0 unspecified atom stereocenters. The van der Waals surface area contributed by atoms with Gasteiger partial charge in [-0.25, -0.2) is 0 Å². The second-order valence-electron chi connectivity index (χ2n) is 5.22. The van der Waals surface area contributed by atoms with Gasteiger partial charge >= 0.3 is 0 Å². The number of hydrogen-bond donors (Lipinski definition) is 1. The Bertz CT molecular complexity index is 278. The number of unbranched alkanes of at least 4 members (excludes halogenated alkanes) is 11. The van der Waals surface area contributed by atoms with Crippen LogP contribution < -0.4 is 0 Å². The first kappa shape index (κ1) is 18.8. The summed E-state index contributed by atoms with van der Waals surface area (Å²) in [5.74, 6) is -0.105. The highest BCUT2D eigenvalue weighted by Gasteiger charge is 2.02. The predicted molar refractivity (Wildman–Crippen MR) is 77.8 cm³/mol. The van der Waals surface area contributed by atoms with Crippen molar-refractivity contribution in [3.63, 3.8) is 0 Å². The Labute approximate surface area is 117 Å². The van der Waals surface area contributed by atoms with E-state index >= 15 is 0 Å². The normalized spacial score (nSPS) is 11.9. The van der Waals surface area contributed by atoms with Gasteiger partial charge in [0.05, 0.1) is 12.4 Å². The van der Waals surface area contributed by atoms with E-state index < -0.39 is 10.1 Å². The fourth-order valence-electron chi connectivity index (χ4n) is 2.15. The Hall–Kier alpha value is -0.160. The molecular formula is C14H29FO3S. The highest BCUT2D eigenvalue weighted by Crippen LogP contribution is 2.12. The van der Waals surface area contributed by atoms with Gasteiger partial charge in [0.1, 0.15) is 0 Å². The largest absolute Gasteiger partial charge is 0.286 e. The van der Waals surface area contributed by atoms with Gasteiger partial charge in [0.25, 0.3) is 10.1 Å². The summed E-state index contributed by atoms with van der Waals surface area (Å²) in [6.07, 6.45) is 12.7. The third-order valence-corrected chi connectivity index (χ3v) is 4.09. The molecule has 0 radical (unpaired) electrons. The smallest absolute Gasteiger partial charge is 0.264 e. The second kappa shape index (κ2) is 12.9. The van der Waals surface area contributed by atoms with Gasteiger partial charge < -0.3 is 0 Å². The van der Waals surface area contributed by atoms with Crippen LogP contribution >= 0.6 is 0 Å². The van der Waals surface area contributed by atoms with E-state index in [0.717, 1.165) is 32.1 Å². The third kappa shape index (κ3) is 17.8. The number of rotatable bonds is 14. The Morgan fingerprint density at radius 3 is 1.26 bits per heavy atom. The lowest BCUT2D eigenvalue weighted by molar-refractivity contribution is 0.448. The van der Waals surface area contributed by atoms with Gasteiger partial charge in [-0.15, -0.1) is 0 Å². The van der Waals surface area contributed by atoms with Gasteiger partial charge in [-0.3, -0.25) is 8.94 Å². The SMILES string of the molecule is O=S(=O)(O)CCCCCCCCCCCCCCF. The average Bonchev–Trinajstić information content (AvgIpc) is 2.34. The molecule has 0 amide bonds. The maximum atomic E-state index is 11.8. The van der Waals surface area contributed by atoms with Gasteiger partial charge in [-0.1, -0.05) is 64.2 Å². The molecule has 0 aromatic heterocycles. The van der Waals surface area contributed by atoms with Crippen LogP contribution in [0.5, 0.6) is 0 Å². The molecule has 0 aliphatic heterocycles. The minimum Gasteiger partial charge on any atom is -0.286 e. The van der Waals surface area contributed by atoms with Gasteiger partial charge in [-0.2, -0.15) is 8.42 Å². The summed E-state index contributed by atoms with van der Waals surface area (Å²) in [5.41, 5.74) is 0. The average molecular weight is 296 g/mol. The first-order chi connectivity index (χ1) is 9.06. The number of alkyl halides is 1. The van der Waals surface area contributed by atoms with Crippen molar-refractivity contribution < 1.29 is 17.4 Å². The molecule has 0 aromatic rings. The van der Waals surface area contributed by atoms with Crippen molar-refractivity contribution in [1.82, 2.24) is 0 Å². The lowest BCUT2D eigenvalue weighted by Crippen LogP contribution is -2.03. The maximum Gasteiger partial charge on any atom is 0.264 e. The van der Waals surface area contributed by atoms with Crippen molar-refractivity contribution in [2.75, 3.05) is 12.4 Å². The molecule has 0 aromatic carbocycles. The molecule has 0 bridgehead atoms.